The fourth-order valence-corrected chi connectivity index (χ4v) is 3.52. The van der Waals surface area contributed by atoms with Gasteiger partial charge in [0.25, 0.3) is 0 Å². The van der Waals surface area contributed by atoms with Crippen LogP contribution in [0.2, 0.25) is 0 Å². The number of nitrogens with zero attached hydrogens (tertiary/aromatic N) is 3. The molecule has 1 saturated heterocycles. The van der Waals surface area contributed by atoms with E-state index in [-0.39, 0.29) is 17.7 Å². The van der Waals surface area contributed by atoms with Crippen LogP contribution in [0.5, 0.6) is 0 Å². The molecule has 6 heteroatoms. The van der Waals surface area contributed by atoms with Gasteiger partial charge in [-0.05, 0) is 31.9 Å². The Morgan fingerprint density at radius 3 is 2.48 bits per heavy atom. The minimum Gasteiger partial charge on any atom is -0.323 e. The third-order valence-electron chi connectivity index (χ3n) is 5.16. The van der Waals surface area contributed by atoms with Gasteiger partial charge in [0.15, 0.2) is 5.78 Å². The average molecular weight is 362 g/mol. The molecule has 2 amide bonds. The minimum absolute atomic E-state index is 0.0224. The van der Waals surface area contributed by atoms with Crippen LogP contribution in [0, 0.1) is 12.8 Å². The summed E-state index contributed by atoms with van der Waals surface area (Å²) in [4.78, 5) is 31.3. The number of imidazole rings is 1. The lowest BCUT2D eigenvalue weighted by Gasteiger charge is -2.31. The molecule has 0 aliphatic carbocycles. The first-order valence-electron chi connectivity index (χ1n) is 9.21. The molecule has 2 aromatic carbocycles. The van der Waals surface area contributed by atoms with Gasteiger partial charge in [0.2, 0.25) is 0 Å². The highest BCUT2D eigenvalue weighted by molar-refractivity contribution is 5.98. The number of likely N-dealkylation sites (tertiary alicyclic amines) is 1. The van der Waals surface area contributed by atoms with Crippen LogP contribution in [-0.4, -0.2) is 39.5 Å². The Bertz CT molecular complexity index is 969. The SMILES string of the molecule is Cc1ccc(C(=O)C2CCN(C(=O)Nn3cnc4ccccc43)CC2)cc1. The lowest BCUT2D eigenvalue weighted by Crippen LogP contribution is -2.44. The third-order valence-corrected chi connectivity index (χ3v) is 5.16. The number of carbonyl (C=O) groups is 2. The number of carbonyl (C=O) groups excluding carboxylic acids is 2. The molecule has 2 heterocycles. The van der Waals surface area contributed by atoms with Gasteiger partial charge in [0, 0.05) is 24.6 Å². The van der Waals surface area contributed by atoms with Crippen LogP contribution in [0.4, 0.5) is 4.79 Å². The number of ketones is 1. The van der Waals surface area contributed by atoms with Gasteiger partial charge >= 0.3 is 6.03 Å². The maximum absolute atomic E-state index is 12.7. The predicted octanol–water partition coefficient (Wildman–Crippen LogP) is 3.60. The van der Waals surface area contributed by atoms with E-state index in [0.717, 1.165) is 22.2 Å². The molecule has 4 rings (SSSR count). The number of nitrogens with one attached hydrogen (secondary N) is 1. The molecule has 3 aromatic rings. The molecule has 0 bridgehead atoms. The zero-order valence-corrected chi connectivity index (χ0v) is 15.3. The molecule has 1 aromatic heterocycles. The smallest absolute Gasteiger partial charge is 0.323 e. The van der Waals surface area contributed by atoms with Crippen molar-refractivity contribution < 1.29 is 9.59 Å². The van der Waals surface area contributed by atoms with Crippen molar-refractivity contribution in [2.45, 2.75) is 19.8 Å². The molecule has 0 atom stereocenters. The van der Waals surface area contributed by atoms with E-state index in [1.54, 1.807) is 15.9 Å². The zero-order chi connectivity index (χ0) is 18.8. The van der Waals surface area contributed by atoms with Crippen molar-refractivity contribution in [2.24, 2.45) is 5.92 Å². The number of amides is 2. The summed E-state index contributed by atoms with van der Waals surface area (Å²) < 4.78 is 1.64. The topological polar surface area (TPSA) is 67.2 Å². The van der Waals surface area contributed by atoms with Crippen molar-refractivity contribution in [3.63, 3.8) is 0 Å². The molecule has 1 fully saturated rings. The lowest BCUT2D eigenvalue weighted by atomic mass is 9.89. The Labute approximate surface area is 157 Å². The van der Waals surface area contributed by atoms with Gasteiger partial charge in [-0.3, -0.25) is 4.79 Å². The molecule has 0 spiro atoms. The number of aryl methyl sites for hydroxylation is 1. The van der Waals surface area contributed by atoms with Crippen LogP contribution >= 0.6 is 0 Å². The molecular formula is C21H22N4O2. The lowest BCUT2D eigenvalue weighted by molar-refractivity contribution is 0.0858. The quantitative estimate of drug-likeness (QED) is 0.724. The van der Waals surface area contributed by atoms with Gasteiger partial charge in [0.05, 0.1) is 11.0 Å². The summed E-state index contributed by atoms with van der Waals surface area (Å²) in [7, 11) is 0. The van der Waals surface area contributed by atoms with E-state index >= 15 is 0 Å². The number of fused-ring (bicyclic) bond motifs is 1. The van der Waals surface area contributed by atoms with Gasteiger partial charge in [-0.1, -0.05) is 42.0 Å². The molecule has 0 saturated carbocycles. The van der Waals surface area contributed by atoms with Crippen LogP contribution < -0.4 is 5.43 Å². The molecule has 27 heavy (non-hydrogen) atoms. The Morgan fingerprint density at radius 2 is 1.74 bits per heavy atom. The molecule has 6 nitrogen and oxygen atoms in total. The highest BCUT2D eigenvalue weighted by Crippen LogP contribution is 2.22. The number of aromatic nitrogens is 2. The zero-order valence-electron chi connectivity index (χ0n) is 15.3. The largest absolute Gasteiger partial charge is 0.336 e. The number of Topliss-reactive ketones (excluding diaryl/α,β-unsaturated/α-hetero) is 1. The summed E-state index contributed by atoms with van der Waals surface area (Å²) in [6.45, 7) is 3.15. The van der Waals surface area contributed by atoms with E-state index in [4.69, 9.17) is 0 Å². The number of piperidine rings is 1. The number of urea groups is 1. The van der Waals surface area contributed by atoms with E-state index in [1.807, 2.05) is 55.5 Å². The first-order valence-corrected chi connectivity index (χ1v) is 9.21. The summed E-state index contributed by atoms with van der Waals surface area (Å²) in [5.41, 5.74) is 6.46. The fraction of sp³-hybridized carbons (Fsp3) is 0.286. The van der Waals surface area contributed by atoms with Gasteiger partial charge in [-0.2, -0.15) is 0 Å². The van der Waals surface area contributed by atoms with Crippen molar-refractivity contribution in [1.29, 1.82) is 0 Å². The third kappa shape index (κ3) is 3.56. The van der Waals surface area contributed by atoms with Gasteiger partial charge in [-0.25, -0.2) is 19.9 Å². The Balaban J connectivity index is 1.36. The number of hydrogen-bond donors (Lipinski definition) is 1. The van der Waals surface area contributed by atoms with Crippen LogP contribution in [0.25, 0.3) is 11.0 Å². The van der Waals surface area contributed by atoms with Crippen molar-refractivity contribution in [3.8, 4) is 0 Å². The van der Waals surface area contributed by atoms with Crippen molar-refractivity contribution in [2.75, 3.05) is 18.5 Å². The number of rotatable bonds is 3. The molecule has 138 valence electrons. The normalized spacial score (nSPS) is 15.1. The minimum atomic E-state index is -0.167. The number of hydrogen-bond acceptors (Lipinski definition) is 3. The monoisotopic (exact) mass is 362 g/mol. The number of para-hydroxylation sites is 2. The molecule has 1 aliphatic rings. The second kappa shape index (κ2) is 7.23. The molecule has 0 unspecified atom stereocenters. The van der Waals surface area contributed by atoms with Gasteiger partial charge in [0.1, 0.15) is 6.33 Å². The van der Waals surface area contributed by atoms with E-state index in [1.165, 1.54) is 0 Å². The fourth-order valence-electron chi connectivity index (χ4n) is 3.52. The van der Waals surface area contributed by atoms with E-state index < -0.39 is 0 Å². The summed E-state index contributed by atoms with van der Waals surface area (Å²) in [5, 5.41) is 0. The predicted molar refractivity (Wildman–Crippen MR) is 104 cm³/mol. The Morgan fingerprint density at radius 1 is 1.04 bits per heavy atom. The van der Waals surface area contributed by atoms with E-state index in [2.05, 4.69) is 10.4 Å². The van der Waals surface area contributed by atoms with Gasteiger partial charge < -0.3 is 4.90 Å². The van der Waals surface area contributed by atoms with Crippen molar-refractivity contribution >= 4 is 22.8 Å². The van der Waals surface area contributed by atoms with Gasteiger partial charge in [-0.15, -0.1) is 0 Å². The number of benzene rings is 2. The second-order valence-electron chi connectivity index (χ2n) is 7.01. The van der Waals surface area contributed by atoms with Crippen LogP contribution in [0.15, 0.2) is 54.9 Å². The summed E-state index contributed by atoms with van der Waals surface area (Å²) >= 11 is 0. The maximum atomic E-state index is 12.7. The molecule has 1 N–H and O–H groups in total. The first-order chi connectivity index (χ1) is 13.1. The van der Waals surface area contributed by atoms with E-state index in [0.29, 0.717) is 25.9 Å². The van der Waals surface area contributed by atoms with E-state index in [9.17, 15) is 9.59 Å². The van der Waals surface area contributed by atoms with Crippen LogP contribution in [-0.2, 0) is 0 Å². The van der Waals surface area contributed by atoms with Crippen molar-refractivity contribution in [3.05, 3.63) is 66.0 Å². The molecule has 0 radical (unpaired) electrons. The Kier molecular flexibility index (Phi) is 4.62. The standard InChI is InChI=1S/C21H22N4O2/c1-15-6-8-16(9-7-15)20(26)17-10-12-24(13-11-17)21(27)23-25-14-22-18-4-2-3-5-19(18)25/h2-9,14,17H,10-13H2,1H3,(H,23,27). The summed E-state index contributed by atoms with van der Waals surface area (Å²) in [5.74, 6) is 0.154. The van der Waals surface area contributed by atoms with Crippen LogP contribution in [0.3, 0.4) is 0 Å². The highest BCUT2D eigenvalue weighted by atomic mass is 16.2. The first kappa shape index (κ1) is 17.3. The average Bonchev–Trinajstić information content (AvgIpc) is 3.11. The molecule has 1 aliphatic heterocycles. The second-order valence-corrected chi connectivity index (χ2v) is 7.01. The van der Waals surface area contributed by atoms with Crippen LogP contribution in [0.1, 0.15) is 28.8 Å². The maximum Gasteiger partial charge on any atom is 0.336 e. The highest BCUT2D eigenvalue weighted by Gasteiger charge is 2.28. The van der Waals surface area contributed by atoms with Crippen molar-refractivity contribution in [1.82, 2.24) is 14.6 Å². The molecular weight excluding hydrogens is 340 g/mol. The summed E-state index contributed by atoms with van der Waals surface area (Å²) in [6, 6.07) is 15.2. The Hall–Kier alpha value is -3.15. The summed E-state index contributed by atoms with van der Waals surface area (Å²) in [6.07, 6.45) is 2.98.